The molecule has 1 rings (SSSR count). The topological polar surface area (TPSA) is 55.9 Å². The van der Waals surface area contributed by atoms with Gasteiger partial charge in [0.05, 0.1) is 16.4 Å². The maximum absolute atomic E-state index is 6.39. The maximum Gasteiger partial charge on any atom is 0.0850 e. The molecule has 0 aliphatic heterocycles. The Morgan fingerprint density at radius 1 is 1.39 bits per heavy atom. The van der Waals surface area contributed by atoms with Crippen molar-refractivity contribution in [2.75, 3.05) is 0 Å². The van der Waals surface area contributed by atoms with Crippen LogP contribution in [0.15, 0.2) is 0 Å². The Morgan fingerprint density at radius 2 is 2.06 bits per heavy atom. The van der Waals surface area contributed by atoms with Crippen molar-refractivity contribution < 1.29 is 0 Å². The van der Waals surface area contributed by atoms with Gasteiger partial charge in [-0.3, -0.25) is 16.0 Å². The SMILES string of the molecule is CCc1nn(CC)c(CC(CC(C)C)NN)c1Cl. The van der Waals surface area contributed by atoms with Crippen molar-refractivity contribution >= 4 is 11.6 Å². The molecule has 1 atom stereocenters. The first kappa shape index (κ1) is 15.5. The molecule has 1 heterocycles. The van der Waals surface area contributed by atoms with E-state index in [2.05, 4.69) is 38.2 Å². The lowest BCUT2D eigenvalue weighted by molar-refractivity contribution is 0.413. The molecule has 3 N–H and O–H groups in total. The molecule has 0 amide bonds. The summed E-state index contributed by atoms with van der Waals surface area (Å²) in [6.45, 7) is 9.39. The van der Waals surface area contributed by atoms with Crippen LogP contribution in [-0.4, -0.2) is 15.8 Å². The summed E-state index contributed by atoms with van der Waals surface area (Å²) in [7, 11) is 0. The van der Waals surface area contributed by atoms with Gasteiger partial charge in [0.15, 0.2) is 0 Å². The Morgan fingerprint density at radius 3 is 2.50 bits per heavy atom. The molecule has 1 unspecified atom stereocenters. The second-order valence-corrected chi connectivity index (χ2v) is 5.45. The first-order valence-electron chi connectivity index (χ1n) is 6.73. The van der Waals surface area contributed by atoms with Gasteiger partial charge in [0.25, 0.3) is 0 Å². The van der Waals surface area contributed by atoms with Gasteiger partial charge in [-0.05, 0) is 25.7 Å². The average molecular weight is 273 g/mol. The predicted octanol–water partition coefficient (Wildman–Crippen LogP) is 2.54. The van der Waals surface area contributed by atoms with Gasteiger partial charge in [0.1, 0.15) is 0 Å². The number of aryl methyl sites for hydroxylation is 2. The molecule has 104 valence electrons. The van der Waals surface area contributed by atoms with Gasteiger partial charge in [-0.1, -0.05) is 32.4 Å². The van der Waals surface area contributed by atoms with Crippen LogP contribution in [0.5, 0.6) is 0 Å². The van der Waals surface area contributed by atoms with Gasteiger partial charge < -0.3 is 0 Å². The zero-order chi connectivity index (χ0) is 13.7. The van der Waals surface area contributed by atoms with Crippen molar-refractivity contribution in [3.05, 3.63) is 16.4 Å². The summed E-state index contributed by atoms with van der Waals surface area (Å²) in [4.78, 5) is 0. The van der Waals surface area contributed by atoms with Crippen LogP contribution in [0.25, 0.3) is 0 Å². The van der Waals surface area contributed by atoms with E-state index >= 15 is 0 Å². The van der Waals surface area contributed by atoms with Gasteiger partial charge >= 0.3 is 0 Å². The summed E-state index contributed by atoms with van der Waals surface area (Å²) in [5.74, 6) is 6.23. The third-order valence-electron chi connectivity index (χ3n) is 3.13. The Labute approximate surface area is 115 Å². The van der Waals surface area contributed by atoms with Gasteiger partial charge in [-0.15, -0.1) is 0 Å². The number of hydrogen-bond donors (Lipinski definition) is 2. The van der Waals surface area contributed by atoms with Crippen LogP contribution >= 0.6 is 11.6 Å². The normalized spacial score (nSPS) is 13.3. The van der Waals surface area contributed by atoms with Crippen LogP contribution in [0, 0.1) is 5.92 Å². The highest BCUT2D eigenvalue weighted by Crippen LogP contribution is 2.24. The molecule has 1 aromatic rings. The highest BCUT2D eigenvalue weighted by molar-refractivity contribution is 6.31. The fraction of sp³-hybridized carbons (Fsp3) is 0.769. The lowest BCUT2D eigenvalue weighted by atomic mass is 10.00. The van der Waals surface area contributed by atoms with Crippen molar-refractivity contribution in [3.63, 3.8) is 0 Å². The highest BCUT2D eigenvalue weighted by atomic mass is 35.5. The van der Waals surface area contributed by atoms with Crippen LogP contribution in [0.4, 0.5) is 0 Å². The molecular formula is C13H25ClN4. The van der Waals surface area contributed by atoms with Crippen LogP contribution in [0.3, 0.4) is 0 Å². The van der Waals surface area contributed by atoms with Crippen LogP contribution < -0.4 is 11.3 Å². The summed E-state index contributed by atoms with van der Waals surface area (Å²) in [6, 6.07) is 0.245. The Bertz CT molecular complexity index is 373. The molecule has 5 heteroatoms. The third-order valence-corrected chi connectivity index (χ3v) is 3.56. The molecule has 0 bridgehead atoms. The molecule has 0 radical (unpaired) electrons. The minimum absolute atomic E-state index is 0.245. The molecule has 0 fully saturated rings. The Hall–Kier alpha value is -0.580. The number of nitrogens with one attached hydrogen (secondary N) is 1. The van der Waals surface area contributed by atoms with E-state index in [4.69, 9.17) is 17.4 Å². The summed E-state index contributed by atoms with van der Waals surface area (Å²) in [5, 5.41) is 5.34. The molecule has 4 nitrogen and oxygen atoms in total. The number of hydrazine groups is 1. The lowest BCUT2D eigenvalue weighted by Crippen LogP contribution is -2.38. The van der Waals surface area contributed by atoms with E-state index in [1.54, 1.807) is 0 Å². The summed E-state index contributed by atoms with van der Waals surface area (Å²) in [6.07, 6.45) is 2.72. The van der Waals surface area contributed by atoms with E-state index in [1.165, 1.54) is 0 Å². The Kier molecular flexibility index (Phi) is 6.12. The van der Waals surface area contributed by atoms with Crippen molar-refractivity contribution in [1.29, 1.82) is 0 Å². The number of hydrogen-bond acceptors (Lipinski definition) is 3. The standard InChI is InChI=1S/C13H25ClN4/c1-5-11-13(14)12(18(6-2)17-11)8-10(16-15)7-9(3)4/h9-10,16H,5-8,15H2,1-4H3. The van der Waals surface area contributed by atoms with E-state index < -0.39 is 0 Å². The molecule has 0 saturated carbocycles. The first-order chi connectivity index (χ1) is 8.53. The predicted molar refractivity (Wildman–Crippen MR) is 76.6 cm³/mol. The second-order valence-electron chi connectivity index (χ2n) is 5.07. The fourth-order valence-electron chi connectivity index (χ4n) is 2.23. The van der Waals surface area contributed by atoms with Crippen molar-refractivity contribution in [2.24, 2.45) is 11.8 Å². The van der Waals surface area contributed by atoms with E-state index in [9.17, 15) is 0 Å². The average Bonchev–Trinajstić information content (AvgIpc) is 2.64. The molecule has 0 aliphatic rings. The van der Waals surface area contributed by atoms with Crippen molar-refractivity contribution in [2.45, 2.75) is 59.5 Å². The molecule has 0 aliphatic carbocycles. The minimum Gasteiger partial charge on any atom is -0.271 e. The van der Waals surface area contributed by atoms with Gasteiger partial charge in [-0.2, -0.15) is 5.10 Å². The molecular weight excluding hydrogens is 248 g/mol. The molecule has 18 heavy (non-hydrogen) atoms. The summed E-state index contributed by atoms with van der Waals surface area (Å²) < 4.78 is 1.99. The summed E-state index contributed by atoms with van der Waals surface area (Å²) >= 11 is 6.39. The zero-order valence-electron chi connectivity index (χ0n) is 11.8. The van der Waals surface area contributed by atoms with Gasteiger partial charge in [0, 0.05) is 19.0 Å². The number of aromatic nitrogens is 2. The minimum atomic E-state index is 0.245. The van der Waals surface area contributed by atoms with E-state index in [-0.39, 0.29) is 6.04 Å². The smallest absolute Gasteiger partial charge is 0.0850 e. The number of nitrogens with zero attached hydrogens (tertiary/aromatic N) is 2. The van der Waals surface area contributed by atoms with E-state index in [0.717, 1.165) is 42.2 Å². The number of rotatable bonds is 7. The number of nitrogens with two attached hydrogens (primary N) is 1. The first-order valence-corrected chi connectivity index (χ1v) is 7.11. The van der Waals surface area contributed by atoms with Crippen LogP contribution in [0.2, 0.25) is 5.02 Å². The highest BCUT2D eigenvalue weighted by Gasteiger charge is 2.18. The monoisotopic (exact) mass is 272 g/mol. The van der Waals surface area contributed by atoms with Gasteiger partial charge in [-0.25, -0.2) is 0 Å². The number of halogens is 1. The maximum atomic E-state index is 6.39. The lowest BCUT2D eigenvalue weighted by Gasteiger charge is -2.18. The third kappa shape index (κ3) is 3.70. The Balaban J connectivity index is 2.90. The summed E-state index contributed by atoms with van der Waals surface area (Å²) in [5.41, 5.74) is 4.97. The van der Waals surface area contributed by atoms with Crippen molar-refractivity contribution in [3.8, 4) is 0 Å². The van der Waals surface area contributed by atoms with Crippen LogP contribution in [0.1, 0.15) is 45.5 Å². The largest absolute Gasteiger partial charge is 0.271 e. The second kappa shape index (κ2) is 7.12. The molecule has 0 saturated heterocycles. The zero-order valence-corrected chi connectivity index (χ0v) is 12.6. The quantitative estimate of drug-likeness (QED) is 0.592. The van der Waals surface area contributed by atoms with E-state index in [1.807, 2.05) is 4.68 Å². The molecule has 0 aromatic carbocycles. The van der Waals surface area contributed by atoms with E-state index in [0.29, 0.717) is 5.92 Å². The fourth-order valence-corrected chi connectivity index (χ4v) is 2.57. The van der Waals surface area contributed by atoms with Crippen molar-refractivity contribution in [1.82, 2.24) is 15.2 Å². The van der Waals surface area contributed by atoms with Crippen LogP contribution in [-0.2, 0) is 19.4 Å². The molecule has 0 spiro atoms. The molecule has 1 aromatic heterocycles. The van der Waals surface area contributed by atoms with Gasteiger partial charge in [0.2, 0.25) is 0 Å².